The van der Waals surface area contributed by atoms with Crippen molar-refractivity contribution in [1.29, 1.82) is 0 Å². The van der Waals surface area contributed by atoms with Gasteiger partial charge in [-0.05, 0) is 42.7 Å². The molecule has 14 heavy (non-hydrogen) atoms. The lowest BCUT2D eigenvalue weighted by molar-refractivity contribution is -0.276. The van der Waals surface area contributed by atoms with Gasteiger partial charge in [-0.25, -0.2) is 0 Å². The molecule has 0 aromatic heterocycles. The third-order valence-electron chi connectivity index (χ3n) is 3.69. The van der Waals surface area contributed by atoms with Crippen molar-refractivity contribution in [2.75, 3.05) is 0 Å². The number of carbonyl (C=O) groups excluding carboxylic acids is 1. The first kappa shape index (κ1) is 10.3. The average molecular weight is 227 g/mol. The predicted octanol–water partition coefficient (Wildman–Crippen LogP) is 3.26. The normalized spacial score (nSPS) is 28.0. The van der Waals surface area contributed by atoms with Crippen molar-refractivity contribution in [3.63, 3.8) is 0 Å². The molecular formula is C9H10ClF3O. The molecule has 2 saturated carbocycles. The van der Waals surface area contributed by atoms with Crippen molar-refractivity contribution in [2.45, 2.75) is 38.3 Å². The zero-order valence-corrected chi connectivity index (χ0v) is 8.21. The van der Waals surface area contributed by atoms with E-state index in [2.05, 4.69) is 0 Å². The summed E-state index contributed by atoms with van der Waals surface area (Å²) in [5.74, 6) is 0. The van der Waals surface area contributed by atoms with E-state index in [0.29, 0.717) is 0 Å². The second kappa shape index (κ2) is 2.65. The highest BCUT2D eigenvalue weighted by Crippen LogP contribution is 2.69. The Hall–Kier alpha value is -0.250. The SMILES string of the molecule is O=C(Cl)C1(C(F)(F)F)CC2(CCC2)C1. The molecule has 1 nitrogen and oxygen atoms in total. The standard InChI is InChI=1S/C9H10ClF3O/c10-6(14)8(9(11,12)13)4-7(5-8)2-1-3-7/h1-5H2. The van der Waals surface area contributed by atoms with Gasteiger partial charge in [-0.2, -0.15) is 13.2 Å². The third-order valence-corrected chi connectivity index (χ3v) is 4.05. The van der Waals surface area contributed by atoms with Crippen LogP contribution in [0, 0.1) is 10.8 Å². The Kier molecular flexibility index (Phi) is 1.95. The van der Waals surface area contributed by atoms with Crippen molar-refractivity contribution in [2.24, 2.45) is 10.8 Å². The zero-order valence-electron chi connectivity index (χ0n) is 7.46. The lowest BCUT2D eigenvalue weighted by atomic mass is 9.45. The van der Waals surface area contributed by atoms with E-state index in [4.69, 9.17) is 11.6 Å². The maximum absolute atomic E-state index is 12.6. The largest absolute Gasteiger partial charge is 0.402 e. The van der Waals surface area contributed by atoms with Gasteiger partial charge in [-0.3, -0.25) is 4.79 Å². The van der Waals surface area contributed by atoms with Crippen molar-refractivity contribution in [3.8, 4) is 0 Å². The smallest absolute Gasteiger partial charge is 0.280 e. The molecule has 0 bridgehead atoms. The van der Waals surface area contributed by atoms with Gasteiger partial charge in [-0.15, -0.1) is 0 Å². The molecular weight excluding hydrogens is 217 g/mol. The first-order valence-corrected chi connectivity index (χ1v) is 4.96. The summed E-state index contributed by atoms with van der Waals surface area (Å²) in [5.41, 5.74) is -2.44. The summed E-state index contributed by atoms with van der Waals surface area (Å²) in [6.07, 6.45) is -2.06. The van der Waals surface area contributed by atoms with E-state index < -0.39 is 16.8 Å². The summed E-state index contributed by atoms with van der Waals surface area (Å²) < 4.78 is 37.8. The van der Waals surface area contributed by atoms with E-state index in [1.807, 2.05) is 0 Å². The van der Waals surface area contributed by atoms with Crippen LogP contribution in [0.2, 0.25) is 0 Å². The number of rotatable bonds is 1. The monoisotopic (exact) mass is 226 g/mol. The van der Waals surface area contributed by atoms with Crippen LogP contribution in [0.1, 0.15) is 32.1 Å². The second-order valence-electron chi connectivity index (χ2n) is 4.56. The summed E-state index contributed by atoms with van der Waals surface area (Å²) >= 11 is 5.07. The zero-order chi connectivity index (χ0) is 10.6. The summed E-state index contributed by atoms with van der Waals surface area (Å²) in [4.78, 5) is 10.9. The first-order chi connectivity index (χ1) is 6.31. The van der Waals surface area contributed by atoms with Crippen LogP contribution in [0.4, 0.5) is 13.2 Å². The molecule has 1 spiro atoms. The van der Waals surface area contributed by atoms with Crippen LogP contribution in [0.25, 0.3) is 0 Å². The molecule has 0 aromatic rings. The van der Waals surface area contributed by atoms with Gasteiger partial charge in [0, 0.05) is 0 Å². The van der Waals surface area contributed by atoms with Gasteiger partial charge in [0.2, 0.25) is 5.24 Å². The molecule has 5 heteroatoms. The van der Waals surface area contributed by atoms with E-state index >= 15 is 0 Å². The maximum atomic E-state index is 12.6. The van der Waals surface area contributed by atoms with Gasteiger partial charge in [0.25, 0.3) is 0 Å². The van der Waals surface area contributed by atoms with Crippen molar-refractivity contribution >= 4 is 16.8 Å². The Morgan fingerprint density at radius 2 is 1.71 bits per heavy atom. The predicted molar refractivity (Wildman–Crippen MR) is 44.9 cm³/mol. The van der Waals surface area contributed by atoms with Crippen LogP contribution in [0.3, 0.4) is 0 Å². The fourth-order valence-electron chi connectivity index (χ4n) is 2.71. The van der Waals surface area contributed by atoms with Crippen molar-refractivity contribution in [1.82, 2.24) is 0 Å². The molecule has 2 aliphatic carbocycles. The summed E-state index contributed by atoms with van der Waals surface area (Å²) in [7, 11) is 0. The summed E-state index contributed by atoms with van der Waals surface area (Å²) in [6.45, 7) is 0. The Labute approximate surface area is 84.6 Å². The van der Waals surface area contributed by atoms with Crippen LogP contribution in [0.15, 0.2) is 0 Å². The van der Waals surface area contributed by atoms with E-state index in [1.54, 1.807) is 0 Å². The Morgan fingerprint density at radius 3 is 1.93 bits per heavy atom. The first-order valence-electron chi connectivity index (χ1n) is 4.58. The lowest BCUT2D eigenvalue weighted by Gasteiger charge is -2.59. The topological polar surface area (TPSA) is 17.1 Å². The number of halogens is 4. The number of alkyl halides is 3. The van der Waals surface area contributed by atoms with Gasteiger partial charge in [0.1, 0.15) is 5.41 Å². The minimum absolute atomic E-state index is 0.0914. The van der Waals surface area contributed by atoms with Gasteiger partial charge >= 0.3 is 6.18 Å². The molecule has 0 aromatic carbocycles. The van der Waals surface area contributed by atoms with E-state index in [1.165, 1.54) is 0 Å². The van der Waals surface area contributed by atoms with Crippen LogP contribution in [-0.4, -0.2) is 11.4 Å². The fraction of sp³-hybridized carbons (Fsp3) is 0.889. The number of hydrogen-bond donors (Lipinski definition) is 0. The lowest BCUT2D eigenvalue weighted by Crippen LogP contribution is -2.60. The molecule has 80 valence electrons. The Bertz CT molecular complexity index is 272. The average Bonchev–Trinajstić information content (AvgIpc) is 1.75. The van der Waals surface area contributed by atoms with Crippen LogP contribution in [0.5, 0.6) is 0 Å². The third kappa shape index (κ3) is 1.12. The highest BCUT2D eigenvalue weighted by Gasteiger charge is 2.71. The minimum atomic E-state index is -4.48. The van der Waals surface area contributed by atoms with Gasteiger partial charge < -0.3 is 0 Å². The molecule has 0 amide bonds. The highest BCUT2D eigenvalue weighted by molar-refractivity contribution is 6.65. The van der Waals surface area contributed by atoms with E-state index in [-0.39, 0.29) is 18.3 Å². The molecule has 0 aliphatic heterocycles. The molecule has 0 saturated heterocycles. The molecule has 0 atom stereocenters. The maximum Gasteiger partial charge on any atom is 0.402 e. The molecule has 0 unspecified atom stereocenters. The van der Waals surface area contributed by atoms with Gasteiger partial charge in [-0.1, -0.05) is 6.42 Å². The van der Waals surface area contributed by atoms with Gasteiger partial charge in [0.05, 0.1) is 0 Å². The van der Waals surface area contributed by atoms with Gasteiger partial charge in [0.15, 0.2) is 0 Å². The van der Waals surface area contributed by atoms with Crippen LogP contribution >= 0.6 is 11.6 Å². The fourth-order valence-corrected chi connectivity index (χ4v) is 2.95. The van der Waals surface area contributed by atoms with Crippen LogP contribution < -0.4 is 0 Å². The minimum Gasteiger partial charge on any atom is -0.280 e. The molecule has 2 rings (SSSR count). The Balaban J connectivity index is 2.17. The number of carbonyl (C=O) groups is 1. The molecule has 2 aliphatic rings. The van der Waals surface area contributed by atoms with E-state index in [9.17, 15) is 18.0 Å². The summed E-state index contributed by atoms with van der Waals surface area (Å²) in [6, 6.07) is 0. The summed E-state index contributed by atoms with van der Waals surface area (Å²) in [5, 5.41) is -1.23. The quantitative estimate of drug-likeness (QED) is 0.627. The highest BCUT2D eigenvalue weighted by atomic mass is 35.5. The molecule has 0 radical (unpaired) electrons. The van der Waals surface area contributed by atoms with Crippen LogP contribution in [-0.2, 0) is 4.79 Å². The van der Waals surface area contributed by atoms with Crippen molar-refractivity contribution in [3.05, 3.63) is 0 Å². The molecule has 0 N–H and O–H groups in total. The second-order valence-corrected chi connectivity index (χ2v) is 4.90. The van der Waals surface area contributed by atoms with E-state index in [0.717, 1.165) is 19.3 Å². The molecule has 2 fully saturated rings. The Morgan fingerprint density at radius 1 is 1.21 bits per heavy atom. The molecule has 0 heterocycles. The number of hydrogen-bond acceptors (Lipinski definition) is 1. The van der Waals surface area contributed by atoms with Crippen molar-refractivity contribution < 1.29 is 18.0 Å².